The first kappa shape index (κ1) is 16.1. The molecule has 3 N–H and O–H groups in total. The zero-order valence-corrected chi connectivity index (χ0v) is 13.7. The second-order valence-corrected chi connectivity index (χ2v) is 6.38. The number of rotatable bonds is 5. The smallest absolute Gasteiger partial charge is 0.141 e. The lowest BCUT2D eigenvalue weighted by molar-refractivity contribution is 0.628. The third-order valence-electron chi connectivity index (χ3n) is 2.77. The van der Waals surface area contributed by atoms with Crippen LogP contribution in [0.2, 0.25) is 5.02 Å². The molecule has 0 saturated carbocycles. The first-order chi connectivity index (χ1) is 10.0. The van der Waals surface area contributed by atoms with Gasteiger partial charge in [-0.25, -0.2) is 4.39 Å². The van der Waals surface area contributed by atoms with E-state index in [-0.39, 0.29) is 5.02 Å². The van der Waals surface area contributed by atoms with E-state index in [1.807, 2.05) is 18.2 Å². The van der Waals surface area contributed by atoms with Gasteiger partial charge in [0.2, 0.25) is 0 Å². The first-order valence-corrected chi connectivity index (χ1v) is 8.07. The molecule has 2 aromatic rings. The molecular formula is C15H14ClFN2S2. The van der Waals surface area contributed by atoms with Crippen LogP contribution in [0.4, 0.5) is 15.8 Å². The fourth-order valence-corrected chi connectivity index (χ4v) is 3.21. The molecular weight excluding hydrogens is 327 g/mol. The van der Waals surface area contributed by atoms with Gasteiger partial charge in [-0.15, -0.1) is 11.8 Å². The highest BCUT2D eigenvalue weighted by Gasteiger charge is 2.12. The van der Waals surface area contributed by atoms with Gasteiger partial charge < -0.3 is 11.1 Å². The molecule has 0 aliphatic rings. The van der Waals surface area contributed by atoms with E-state index in [4.69, 9.17) is 29.6 Å². The molecule has 0 heterocycles. The zero-order chi connectivity index (χ0) is 15.4. The Morgan fingerprint density at radius 1 is 1.38 bits per heavy atom. The molecule has 0 spiro atoms. The second kappa shape index (κ2) is 7.11. The Morgan fingerprint density at radius 3 is 2.76 bits per heavy atom. The van der Waals surface area contributed by atoms with Crippen LogP contribution in [-0.4, -0.2) is 10.7 Å². The van der Waals surface area contributed by atoms with Gasteiger partial charge >= 0.3 is 0 Å². The van der Waals surface area contributed by atoms with Gasteiger partial charge in [0.15, 0.2) is 0 Å². The fourth-order valence-electron chi connectivity index (χ4n) is 1.89. The Hall–Kier alpha value is -1.30. The van der Waals surface area contributed by atoms with Crippen molar-refractivity contribution in [2.45, 2.75) is 11.8 Å². The molecule has 0 unspecified atom stereocenters. The van der Waals surface area contributed by atoms with Crippen LogP contribution in [0.3, 0.4) is 0 Å². The molecule has 0 atom stereocenters. The first-order valence-electron chi connectivity index (χ1n) is 6.30. The molecule has 0 aliphatic carbocycles. The Bertz CT molecular complexity index is 677. The highest BCUT2D eigenvalue weighted by molar-refractivity contribution is 7.99. The number of hydrogen-bond acceptors (Lipinski definition) is 3. The van der Waals surface area contributed by atoms with Gasteiger partial charge in [0, 0.05) is 21.8 Å². The summed E-state index contributed by atoms with van der Waals surface area (Å²) >= 11 is 12.6. The fraction of sp³-hybridized carbons (Fsp3) is 0.133. The standard InChI is InChI=1S/C15H14ClFN2S2/c1-2-21-13-5-3-4-12(14(13)15(18)20)19-9-6-7-11(17)10(16)8-9/h3-8,19H,2H2,1H3,(H2,18,20). The topological polar surface area (TPSA) is 38.0 Å². The molecule has 2 aromatic carbocycles. The molecule has 0 aromatic heterocycles. The predicted octanol–water partition coefficient (Wildman–Crippen LogP) is 4.97. The molecule has 21 heavy (non-hydrogen) atoms. The molecule has 0 radical (unpaired) electrons. The summed E-state index contributed by atoms with van der Waals surface area (Å²) in [5, 5.41) is 3.25. The summed E-state index contributed by atoms with van der Waals surface area (Å²) in [6.45, 7) is 2.06. The van der Waals surface area contributed by atoms with Crippen molar-refractivity contribution in [3.8, 4) is 0 Å². The second-order valence-electron chi connectivity index (χ2n) is 4.23. The van der Waals surface area contributed by atoms with Crippen LogP contribution in [0.15, 0.2) is 41.3 Å². The minimum absolute atomic E-state index is 0.0657. The average Bonchev–Trinajstić information content (AvgIpc) is 2.43. The van der Waals surface area contributed by atoms with Gasteiger partial charge in [-0.2, -0.15) is 0 Å². The van der Waals surface area contributed by atoms with Crippen molar-refractivity contribution in [3.05, 3.63) is 52.8 Å². The lowest BCUT2D eigenvalue weighted by atomic mass is 10.1. The van der Waals surface area contributed by atoms with Crippen molar-refractivity contribution in [2.24, 2.45) is 5.73 Å². The van der Waals surface area contributed by atoms with E-state index in [0.717, 1.165) is 21.9 Å². The van der Waals surface area contributed by atoms with Crippen LogP contribution in [0.5, 0.6) is 0 Å². The van der Waals surface area contributed by atoms with E-state index in [0.29, 0.717) is 10.7 Å². The van der Waals surface area contributed by atoms with Crippen molar-refractivity contribution in [1.82, 2.24) is 0 Å². The minimum Gasteiger partial charge on any atom is -0.389 e. The van der Waals surface area contributed by atoms with Gasteiger partial charge in [-0.1, -0.05) is 36.8 Å². The number of halogens is 2. The van der Waals surface area contributed by atoms with E-state index in [1.54, 1.807) is 17.8 Å². The number of nitrogens with one attached hydrogen (secondary N) is 1. The van der Waals surface area contributed by atoms with Crippen LogP contribution < -0.4 is 11.1 Å². The van der Waals surface area contributed by atoms with E-state index in [2.05, 4.69) is 12.2 Å². The van der Waals surface area contributed by atoms with Crippen LogP contribution >= 0.6 is 35.6 Å². The zero-order valence-electron chi connectivity index (χ0n) is 11.3. The van der Waals surface area contributed by atoms with Crippen molar-refractivity contribution in [2.75, 3.05) is 11.1 Å². The van der Waals surface area contributed by atoms with Gasteiger partial charge in [0.1, 0.15) is 10.8 Å². The average molecular weight is 341 g/mol. The minimum atomic E-state index is -0.452. The van der Waals surface area contributed by atoms with Crippen molar-refractivity contribution >= 4 is 51.9 Å². The molecule has 2 nitrogen and oxygen atoms in total. The molecule has 2 rings (SSSR count). The summed E-state index contributed by atoms with van der Waals surface area (Å²) in [7, 11) is 0. The summed E-state index contributed by atoms with van der Waals surface area (Å²) in [4.78, 5) is 1.34. The maximum atomic E-state index is 13.2. The van der Waals surface area contributed by atoms with Gasteiger partial charge in [-0.3, -0.25) is 0 Å². The number of nitrogens with two attached hydrogens (primary N) is 1. The third kappa shape index (κ3) is 3.87. The molecule has 110 valence electrons. The lowest BCUT2D eigenvalue weighted by Crippen LogP contribution is -2.13. The number of hydrogen-bond donors (Lipinski definition) is 2. The molecule has 0 fully saturated rings. The summed E-state index contributed by atoms with van der Waals surface area (Å²) in [5.74, 6) is 0.466. The quantitative estimate of drug-likeness (QED) is 0.595. The monoisotopic (exact) mass is 340 g/mol. The third-order valence-corrected chi connectivity index (χ3v) is 4.20. The van der Waals surface area contributed by atoms with Crippen LogP contribution in [-0.2, 0) is 0 Å². The van der Waals surface area contributed by atoms with Gasteiger partial charge in [0.05, 0.1) is 5.02 Å². The van der Waals surface area contributed by atoms with Crippen molar-refractivity contribution < 1.29 is 4.39 Å². The van der Waals surface area contributed by atoms with Crippen LogP contribution in [0.25, 0.3) is 0 Å². The molecule has 0 aliphatic heterocycles. The Kier molecular flexibility index (Phi) is 5.45. The summed E-state index contributed by atoms with van der Waals surface area (Å²) in [6, 6.07) is 10.2. The van der Waals surface area contributed by atoms with Crippen molar-refractivity contribution in [3.63, 3.8) is 0 Å². The SMILES string of the molecule is CCSc1cccc(Nc2ccc(F)c(Cl)c2)c1C(N)=S. The highest BCUT2D eigenvalue weighted by Crippen LogP contribution is 2.31. The number of thioether (sulfide) groups is 1. The van der Waals surface area contributed by atoms with Crippen molar-refractivity contribution in [1.29, 1.82) is 0 Å². The van der Waals surface area contributed by atoms with Gasteiger partial charge in [0.25, 0.3) is 0 Å². The molecule has 0 amide bonds. The normalized spacial score (nSPS) is 10.4. The Labute approximate surface area is 137 Å². The maximum absolute atomic E-state index is 13.2. The van der Waals surface area contributed by atoms with E-state index >= 15 is 0 Å². The van der Waals surface area contributed by atoms with Crippen LogP contribution in [0, 0.1) is 5.82 Å². The highest BCUT2D eigenvalue weighted by atomic mass is 35.5. The Balaban J connectivity index is 2.41. The Morgan fingerprint density at radius 2 is 2.14 bits per heavy atom. The van der Waals surface area contributed by atoms with E-state index in [9.17, 15) is 4.39 Å². The van der Waals surface area contributed by atoms with Gasteiger partial charge in [-0.05, 0) is 36.1 Å². The van der Waals surface area contributed by atoms with Crippen LogP contribution in [0.1, 0.15) is 12.5 Å². The largest absolute Gasteiger partial charge is 0.389 e. The predicted molar refractivity (Wildman–Crippen MR) is 93.4 cm³/mol. The van der Waals surface area contributed by atoms with E-state index in [1.165, 1.54) is 12.1 Å². The number of anilines is 2. The molecule has 6 heteroatoms. The van der Waals surface area contributed by atoms with E-state index < -0.39 is 5.82 Å². The summed E-state index contributed by atoms with van der Waals surface area (Å²) in [5.41, 5.74) is 8.10. The lowest BCUT2D eigenvalue weighted by Gasteiger charge is -2.15. The molecule has 0 saturated heterocycles. The molecule has 0 bridgehead atoms. The number of thiocarbonyl (C=S) groups is 1. The number of benzene rings is 2. The summed E-state index contributed by atoms with van der Waals surface area (Å²) < 4.78 is 13.2. The maximum Gasteiger partial charge on any atom is 0.141 e. The summed E-state index contributed by atoms with van der Waals surface area (Å²) in [6.07, 6.45) is 0.